The van der Waals surface area contributed by atoms with Gasteiger partial charge in [0.15, 0.2) is 0 Å². The molecule has 0 aromatic carbocycles. The molecule has 2 aliphatic rings. The minimum Gasteiger partial charge on any atom is -0.336 e. The minimum absolute atomic E-state index is 0.0109. The van der Waals surface area contributed by atoms with Gasteiger partial charge in [0.25, 0.3) is 0 Å². The second kappa shape index (κ2) is 6.81. The first-order valence-corrected chi connectivity index (χ1v) is 9.18. The number of hydrogen-bond acceptors (Lipinski definition) is 8. The van der Waals surface area contributed by atoms with Gasteiger partial charge in [0, 0.05) is 24.8 Å². The van der Waals surface area contributed by atoms with Crippen LogP contribution in [0.4, 0.5) is 9.59 Å². The molecular weight excluding hydrogens is 370 g/mol. The van der Waals surface area contributed by atoms with Gasteiger partial charge in [0.1, 0.15) is 6.04 Å². The molecule has 13 nitrogen and oxygen atoms in total. The number of amides is 3. The Hall–Kier alpha value is -2.26. The molecule has 0 radical (unpaired) electrons. The maximum Gasteiger partial charge on any atom is 0.418 e. The third-order valence-corrected chi connectivity index (χ3v) is 4.52. The third kappa shape index (κ3) is 3.24. The van der Waals surface area contributed by atoms with Crippen molar-refractivity contribution in [2.24, 2.45) is 11.5 Å². The SMILES string of the molecule is NCCCNC(=O)n1cc2c(n1)C(CN)N1CC2N(OS(=O)(=O)O)C1=O. The molecule has 3 heterocycles. The molecule has 0 aliphatic carbocycles. The zero-order valence-electron chi connectivity index (χ0n) is 13.6. The predicted molar refractivity (Wildman–Crippen MR) is 85.8 cm³/mol. The predicted octanol–water partition coefficient (Wildman–Crippen LogP) is -1.68. The molecule has 0 spiro atoms. The van der Waals surface area contributed by atoms with E-state index in [9.17, 15) is 18.0 Å². The van der Waals surface area contributed by atoms with Crippen molar-refractivity contribution in [2.45, 2.75) is 18.5 Å². The molecular formula is C12H19N7O6S. The van der Waals surface area contributed by atoms with Crippen LogP contribution < -0.4 is 16.8 Å². The molecule has 1 fully saturated rings. The van der Waals surface area contributed by atoms with Gasteiger partial charge in [0.2, 0.25) is 0 Å². The lowest BCUT2D eigenvalue weighted by Crippen LogP contribution is -2.38. The fraction of sp³-hybridized carbons (Fsp3) is 0.583. The summed E-state index contributed by atoms with van der Waals surface area (Å²) in [5.74, 6) is 0. The van der Waals surface area contributed by atoms with Gasteiger partial charge < -0.3 is 21.7 Å². The molecule has 2 atom stereocenters. The van der Waals surface area contributed by atoms with E-state index in [1.807, 2.05) is 0 Å². The lowest BCUT2D eigenvalue weighted by molar-refractivity contribution is -0.0317. The lowest BCUT2D eigenvalue weighted by Gasteiger charge is -2.28. The van der Waals surface area contributed by atoms with Gasteiger partial charge in [-0.15, -0.1) is 4.28 Å². The van der Waals surface area contributed by atoms with E-state index in [-0.39, 0.29) is 13.1 Å². The van der Waals surface area contributed by atoms with E-state index in [1.54, 1.807) is 0 Å². The molecule has 1 aromatic rings. The van der Waals surface area contributed by atoms with Crippen molar-refractivity contribution in [3.8, 4) is 0 Å². The molecule has 3 amide bonds. The van der Waals surface area contributed by atoms with Crippen LogP contribution in [0.2, 0.25) is 0 Å². The molecule has 2 aliphatic heterocycles. The Bertz CT molecular complexity index is 824. The highest BCUT2D eigenvalue weighted by molar-refractivity contribution is 7.80. The summed E-state index contributed by atoms with van der Waals surface area (Å²) in [6, 6.07) is -2.77. The van der Waals surface area contributed by atoms with Gasteiger partial charge in [-0.3, -0.25) is 4.55 Å². The third-order valence-electron chi connectivity index (χ3n) is 4.17. The number of carbonyl (C=O) groups is 2. The van der Waals surface area contributed by atoms with Crippen LogP contribution in [-0.2, 0) is 14.7 Å². The Labute approximate surface area is 148 Å². The van der Waals surface area contributed by atoms with Crippen LogP contribution >= 0.6 is 0 Å². The molecule has 26 heavy (non-hydrogen) atoms. The first kappa shape index (κ1) is 18.5. The molecule has 1 saturated heterocycles. The standard InChI is InChI=1S/C12H19N7O6S/c13-2-1-3-15-11(20)18-5-7-9-6-17(8(4-14)10(7)16-18)12(21)19(9)25-26(22,23)24/h5,8-9H,1-4,6,13-14H2,(H,15,20)(H,22,23,24). The maximum absolute atomic E-state index is 12.4. The molecule has 0 saturated carbocycles. The van der Waals surface area contributed by atoms with Gasteiger partial charge in [-0.05, 0) is 13.0 Å². The van der Waals surface area contributed by atoms with Gasteiger partial charge in [-0.25, -0.2) is 9.59 Å². The Kier molecular flexibility index (Phi) is 4.85. The molecule has 6 N–H and O–H groups in total. The van der Waals surface area contributed by atoms with Crippen molar-refractivity contribution < 1.29 is 26.8 Å². The molecule has 1 aromatic heterocycles. The van der Waals surface area contributed by atoms with Crippen LogP contribution in [0.25, 0.3) is 0 Å². The first-order valence-electron chi connectivity index (χ1n) is 7.81. The van der Waals surface area contributed by atoms with Gasteiger partial charge >= 0.3 is 22.5 Å². The summed E-state index contributed by atoms with van der Waals surface area (Å²) in [5, 5.41) is 7.37. The zero-order chi connectivity index (χ0) is 19.1. The van der Waals surface area contributed by atoms with Crippen LogP contribution in [-0.4, -0.2) is 71.0 Å². The van der Waals surface area contributed by atoms with Crippen molar-refractivity contribution in [3.05, 3.63) is 17.5 Å². The first-order chi connectivity index (χ1) is 12.3. The van der Waals surface area contributed by atoms with Gasteiger partial charge in [0.05, 0.1) is 18.3 Å². The number of urea groups is 1. The lowest BCUT2D eigenvalue weighted by atomic mass is 9.98. The van der Waals surface area contributed by atoms with Crippen LogP contribution in [0, 0.1) is 0 Å². The Balaban J connectivity index is 1.92. The number of fused-ring (bicyclic) bond motifs is 4. The average Bonchev–Trinajstić information content (AvgIpc) is 3.12. The van der Waals surface area contributed by atoms with Crippen molar-refractivity contribution in [2.75, 3.05) is 26.2 Å². The van der Waals surface area contributed by atoms with Crippen LogP contribution in [0.1, 0.15) is 29.8 Å². The highest BCUT2D eigenvalue weighted by atomic mass is 32.3. The quantitative estimate of drug-likeness (QED) is 0.325. The number of carbonyl (C=O) groups excluding carboxylic acids is 2. The van der Waals surface area contributed by atoms with E-state index in [0.717, 1.165) is 4.68 Å². The molecule has 2 bridgehead atoms. The minimum atomic E-state index is -4.90. The zero-order valence-corrected chi connectivity index (χ0v) is 14.4. The highest BCUT2D eigenvalue weighted by Crippen LogP contribution is 2.43. The summed E-state index contributed by atoms with van der Waals surface area (Å²) in [5.41, 5.74) is 11.9. The Morgan fingerprint density at radius 3 is 2.81 bits per heavy atom. The van der Waals surface area contributed by atoms with Crippen molar-refractivity contribution in [1.82, 2.24) is 25.1 Å². The van der Waals surface area contributed by atoms with Crippen LogP contribution in [0.3, 0.4) is 0 Å². The summed E-state index contributed by atoms with van der Waals surface area (Å²) in [6.07, 6.45) is 1.98. The fourth-order valence-electron chi connectivity index (χ4n) is 3.05. The normalized spacial score (nSPS) is 21.9. The van der Waals surface area contributed by atoms with Crippen molar-refractivity contribution in [3.63, 3.8) is 0 Å². The number of aromatic nitrogens is 2. The summed E-state index contributed by atoms with van der Waals surface area (Å²) in [7, 11) is -4.90. The Morgan fingerprint density at radius 1 is 1.46 bits per heavy atom. The number of rotatable bonds is 6. The molecule has 14 heteroatoms. The molecule has 3 rings (SSSR count). The van der Waals surface area contributed by atoms with E-state index in [2.05, 4.69) is 14.7 Å². The van der Waals surface area contributed by atoms with Gasteiger partial charge in [-0.1, -0.05) is 0 Å². The fourth-order valence-corrected chi connectivity index (χ4v) is 3.42. The summed E-state index contributed by atoms with van der Waals surface area (Å²) >= 11 is 0. The monoisotopic (exact) mass is 389 g/mol. The second-order valence-electron chi connectivity index (χ2n) is 5.82. The van der Waals surface area contributed by atoms with E-state index < -0.39 is 34.5 Å². The molecule has 2 unspecified atom stereocenters. The van der Waals surface area contributed by atoms with Crippen molar-refractivity contribution in [1.29, 1.82) is 0 Å². The summed E-state index contributed by atoms with van der Waals surface area (Å²) < 4.78 is 36.5. The maximum atomic E-state index is 12.4. The van der Waals surface area contributed by atoms with E-state index in [4.69, 9.17) is 16.0 Å². The number of hydroxylamine groups is 2. The second-order valence-corrected chi connectivity index (χ2v) is 6.82. The van der Waals surface area contributed by atoms with E-state index in [0.29, 0.717) is 35.8 Å². The van der Waals surface area contributed by atoms with Gasteiger partial charge in [-0.2, -0.15) is 23.3 Å². The van der Waals surface area contributed by atoms with Crippen LogP contribution in [0.5, 0.6) is 0 Å². The average molecular weight is 389 g/mol. The number of hydrogen-bond donors (Lipinski definition) is 4. The number of nitrogens with two attached hydrogens (primary N) is 2. The molecule has 144 valence electrons. The van der Waals surface area contributed by atoms with Crippen LogP contribution in [0.15, 0.2) is 6.20 Å². The Morgan fingerprint density at radius 2 is 2.19 bits per heavy atom. The number of nitrogens with one attached hydrogen (secondary N) is 1. The highest BCUT2D eigenvalue weighted by Gasteiger charge is 2.51. The van der Waals surface area contributed by atoms with Crippen molar-refractivity contribution >= 4 is 22.5 Å². The summed E-state index contributed by atoms with van der Waals surface area (Å²) in [4.78, 5) is 25.8. The van der Waals surface area contributed by atoms with E-state index >= 15 is 0 Å². The largest absolute Gasteiger partial charge is 0.418 e. The van der Waals surface area contributed by atoms with E-state index in [1.165, 1.54) is 11.1 Å². The topological polar surface area (TPSA) is 186 Å². The smallest absolute Gasteiger partial charge is 0.336 e. The summed E-state index contributed by atoms with van der Waals surface area (Å²) in [6.45, 7) is 0.888. The number of nitrogens with zero attached hydrogens (tertiary/aromatic N) is 4.